The number of fused-ring (bicyclic) bond motifs is 1. The average Bonchev–Trinajstić information content (AvgIpc) is 2.69. The van der Waals surface area contributed by atoms with Crippen LogP contribution in [0, 0.1) is 0 Å². The molecular formula is C21H21N3O. The number of aromatic nitrogens is 2. The third-order valence-electron chi connectivity index (χ3n) is 4.97. The van der Waals surface area contributed by atoms with E-state index in [0.29, 0.717) is 12.3 Å². The number of carbonyl (C=O) groups is 1. The molecule has 4 nitrogen and oxygen atoms in total. The lowest BCUT2D eigenvalue weighted by atomic mass is 9.94. The van der Waals surface area contributed by atoms with Gasteiger partial charge in [-0.2, -0.15) is 0 Å². The predicted molar refractivity (Wildman–Crippen MR) is 98.2 cm³/mol. The first-order valence-electron chi connectivity index (χ1n) is 8.81. The van der Waals surface area contributed by atoms with Gasteiger partial charge >= 0.3 is 0 Å². The van der Waals surface area contributed by atoms with Gasteiger partial charge in [-0.3, -0.25) is 4.79 Å². The van der Waals surface area contributed by atoms with Crippen LogP contribution in [0.25, 0.3) is 10.8 Å². The first kappa shape index (κ1) is 15.8. The molecule has 0 bridgehead atoms. The Bertz CT molecular complexity index is 878. The molecule has 4 rings (SSSR count). The van der Waals surface area contributed by atoms with Gasteiger partial charge in [-0.25, -0.2) is 9.97 Å². The summed E-state index contributed by atoms with van der Waals surface area (Å²) < 4.78 is 0. The Morgan fingerprint density at radius 3 is 2.84 bits per heavy atom. The second-order valence-electron chi connectivity index (χ2n) is 6.67. The molecule has 1 saturated heterocycles. The van der Waals surface area contributed by atoms with Crippen molar-refractivity contribution in [2.24, 2.45) is 0 Å². The van der Waals surface area contributed by atoms with E-state index in [4.69, 9.17) is 0 Å². The van der Waals surface area contributed by atoms with Gasteiger partial charge in [0, 0.05) is 30.9 Å². The Morgan fingerprint density at radius 1 is 1.12 bits per heavy atom. The van der Waals surface area contributed by atoms with Gasteiger partial charge in [-0.1, -0.05) is 42.5 Å². The number of rotatable bonds is 3. The van der Waals surface area contributed by atoms with E-state index in [2.05, 4.69) is 40.3 Å². The van der Waals surface area contributed by atoms with Crippen LogP contribution in [0.2, 0.25) is 0 Å². The molecule has 1 aliphatic heterocycles. The predicted octanol–water partition coefficient (Wildman–Crippen LogP) is 3.58. The maximum atomic E-state index is 12.8. The molecule has 0 N–H and O–H groups in total. The van der Waals surface area contributed by atoms with E-state index < -0.39 is 0 Å². The number of benzene rings is 2. The van der Waals surface area contributed by atoms with Gasteiger partial charge in [0.1, 0.15) is 6.33 Å². The lowest BCUT2D eigenvalue weighted by Crippen LogP contribution is -2.40. The van der Waals surface area contributed by atoms with E-state index in [1.165, 1.54) is 10.8 Å². The van der Waals surface area contributed by atoms with Gasteiger partial charge in [0.05, 0.1) is 6.42 Å². The summed E-state index contributed by atoms with van der Waals surface area (Å²) in [5.41, 5.74) is 2.12. The van der Waals surface area contributed by atoms with E-state index in [9.17, 15) is 4.79 Å². The molecule has 1 fully saturated rings. The molecule has 0 saturated carbocycles. The topological polar surface area (TPSA) is 46.1 Å². The lowest BCUT2D eigenvalue weighted by molar-refractivity contribution is -0.131. The molecule has 2 aromatic carbocycles. The van der Waals surface area contributed by atoms with Crippen molar-refractivity contribution >= 4 is 16.7 Å². The number of piperidine rings is 1. The van der Waals surface area contributed by atoms with Crippen molar-refractivity contribution in [3.05, 3.63) is 72.3 Å². The van der Waals surface area contributed by atoms with Crippen LogP contribution in [-0.4, -0.2) is 33.9 Å². The quantitative estimate of drug-likeness (QED) is 0.737. The number of hydrogen-bond acceptors (Lipinski definition) is 3. The highest BCUT2D eigenvalue weighted by molar-refractivity contribution is 5.85. The van der Waals surface area contributed by atoms with Crippen LogP contribution >= 0.6 is 0 Å². The minimum Gasteiger partial charge on any atom is -0.342 e. The molecule has 126 valence electrons. The lowest BCUT2D eigenvalue weighted by Gasteiger charge is -2.32. The molecule has 0 spiro atoms. The molecule has 1 amide bonds. The van der Waals surface area contributed by atoms with Crippen LogP contribution in [0.1, 0.15) is 30.0 Å². The van der Waals surface area contributed by atoms with Gasteiger partial charge in [0.15, 0.2) is 0 Å². The fourth-order valence-corrected chi connectivity index (χ4v) is 3.62. The largest absolute Gasteiger partial charge is 0.342 e. The van der Waals surface area contributed by atoms with E-state index in [0.717, 1.165) is 37.2 Å². The summed E-state index contributed by atoms with van der Waals surface area (Å²) in [6.07, 6.45) is 5.93. The van der Waals surface area contributed by atoms with Crippen molar-refractivity contribution in [3.63, 3.8) is 0 Å². The van der Waals surface area contributed by atoms with Crippen molar-refractivity contribution in [1.29, 1.82) is 0 Å². The minimum atomic E-state index is 0.203. The van der Waals surface area contributed by atoms with Crippen molar-refractivity contribution in [1.82, 2.24) is 14.9 Å². The van der Waals surface area contributed by atoms with Gasteiger partial charge in [-0.05, 0) is 35.2 Å². The summed E-state index contributed by atoms with van der Waals surface area (Å²) >= 11 is 0. The van der Waals surface area contributed by atoms with Gasteiger partial charge in [-0.15, -0.1) is 0 Å². The summed E-state index contributed by atoms with van der Waals surface area (Å²) in [5.74, 6) is 0.520. The molecule has 25 heavy (non-hydrogen) atoms. The van der Waals surface area contributed by atoms with Gasteiger partial charge < -0.3 is 4.90 Å². The zero-order valence-electron chi connectivity index (χ0n) is 14.1. The number of carbonyl (C=O) groups excluding carboxylic acids is 1. The van der Waals surface area contributed by atoms with Crippen molar-refractivity contribution in [2.75, 3.05) is 13.1 Å². The van der Waals surface area contributed by atoms with E-state index in [1.807, 2.05) is 23.1 Å². The highest BCUT2D eigenvalue weighted by atomic mass is 16.2. The Balaban J connectivity index is 1.46. The summed E-state index contributed by atoms with van der Waals surface area (Å²) in [5, 5.41) is 2.39. The first-order valence-corrected chi connectivity index (χ1v) is 8.81. The second kappa shape index (κ2) is 7.01. The molecule has 1 aliphatic rings. The monoisotopic (exact) mass is 331 g/mol. The highest BCUT2D eigenvalue weighted by Crippen LogP contribution is 2.25. The summed E-state index contributed by atoms with van der Waals surface area (Å²) in [6.45, 7) is 1.59. The smallest absolute Gasteiger partial charge is 0.227 e. The molecule has 3 aromatic rings. The maximum absolute atomic E-state index is 12.8. The van der Waals surface area contributed by atoms with Crippen molar-refractivity contribution in [2.45, 2.75) is 25.2 Å². The Morgan fingerprint density at radius 2 is 2.00 bits per heavy atom. The Kier molecular flexibility index (Phi) is 4.42. The average molecular weight is 331 g/mol. The third kappa shape index (κ3) is 3.53. The fourth-order valence-electron chi connectivity index (χ4n) is 3.62. The van der Waals surface area contributed by atoms with E-state index >= 15 is 0 Å². The standard InChI is InChI=1S/C21H21N3O/c25-21(13-16-7-8-17-4-1-2-5-18(17)12-16)24-11-3-6-19(14-24)20-9-10-22-15-23-20/h1-2,4-5,7-10,12,15,19H,3,6,11,13-14H2/t19-/m1/s1. The number of hydrogen-bond donors (Lipinski definition) is 0. The maximum Gasteiger partial charge on any atom is 0.227 e. The SMILES string of the molecule is O=C(Cc1ccc2ccccc2c1)N1CCC[C@@H](c2ccncn2)C1. The van der Waals surface area contributed by atoms with Crippen LogP contribution < -0.4 is 0 Å². The highest BCUT2D eigenvalue weighted by Gasteiger charge is 2.25. The molecule has 0 aliphatic carbocycles. The molecule has 4 heteroatoms. The van der Waals surface area contributed by atoms with Crippen LogP contribution in [0.4, 0.5) is 0 Å². The third-order valence-corrected chi connectivity index (χ3v) is 4.97. The van der Waals surface area contributed by atoms with Crippen LogP contribution in [0.5, 0.6) is 0 Å². The molecule has 1 aromatic heterocycles. The fraction of sp³-hybridized carbons (Fsp3) is 0.286. The summed E-state index contributed by atoms with van der Waals surface area (Å²) in [4.78, 5) is 23.1. The van der Waals surface area contributed by atoms with Gasteiger partial charge in [0.2, 0.25) is 5.91 Å². The van der Waals surface area contributed by atoms with Crippen LogP contribution in [0.15, 0.2) is 61.1 Å². The Hall–Kier alpha value is -2.75. The molecule has 0 radical (unpaired) electrons. The number of amides is 1. The van der Waals surface area contributed by atoms with Crippen molar-refractivity contribution in [3.8, 4) is 0 Å². The van der Waals surface area contributed by atoms with Gasteiger partial charge in [0.25, 0.3) is 0 Å². The van der Waals surface area contributed by atoms with Crippen molar-refractivity contribution < 1.29 is 4.79 Å². The second-order valence-corrected chi connectivity index (χ2v) is 6.67. The molecule has 2 heterocycles. The minimum absolute atomic E-state index is 0.203. The van der Waals surface area contributed by atoms with Crippen LogP contribution in [0.3, 0.4) is 0 Å². The Labute approximate surface area is 147 Å². The zero-order chi connectivity index (χ0) is 17.1. The molecular weight excluding hydrogens is 310 g/mol. The number of nitrogens with zero attached hydrogens (tertiary/aromatic N) is 3. The normalized spacial score (nSPS) is 17.6. The zero-order valence-corrected chi connectivity index (χ0v) is 14.1. The first-order chi connectivity index (χ1) is 12.3. The molecule has 0 unspecified atom stereocenters. The summed E-state index contributed by atoms with van der Waals surface area (Å²) in [7, 11) is 0. The molecule has 1 atom stereocenters. The van der Waals surface area contributed by atoms with E-state index in [-0.39, 0.29) is 5.91 Å². The van der Waals surface area contributed by atoms with Crippen LogP contribution in [-0.2, 0) is 11.2 Å². The van der Waals surface area contributed by atoms with E-state index in [1.54, 1.807) is 12.5 Å². The number of likely N-dealkylation sites (tertiary alicyclic amines) is 1. The summed E-state index contributed by atoms with van der Waals surface area (Å²) in [6, 6.07) is 16.5.